The Kier molecular flexibility index (Phi) is 7.15. The highest BCUT2D eigenvalue weighted by Crippen LogP contribution is 2.16. The van der Waals surface area contributed by atoms with Crippen molar-refractivity contribution in [1.29, 1.82) is 0 Å². The molecule has 0 amide bonds. The number of ether oxygens (including phenoxy) is 1. The third-order valence-corrected chi connectivity index (χ3v) is 3.65. The molecule has 0 saturated heterocycles. The molecule has 0 aliphatic carbocycles. The predicted molar refractivity (Wildman–Crippen MR) is 94.8 cm³/mol. The molecule has 0 bridgehead atoms. The molecule has 0 aromatic carbocycles. The molecule has 6 nitrogen and oxygen atoms in total. The summed E-state index contributed by atoms with van der Waals surface area (Å²) < 4.78 is 5.14. The Morgan fingerprint density at radius 2 is 2.04 bits per heavy atom. The first-order valence-corrected chi connectivity index (χ1v) is 7.51. The first-order valence-electron chi connectivity index (χ1n) is 7.51. The molecule has 1 unspecified atom stereocenters. The van der Waals surface area contributed by atoms with Crippen molar-refractivity contribution in [1.82, 2.24) is 9.99 Å². The Balaban J connectivity index is 2.88. The van der Waals surface area contributed by atoms with E-state index in [9.17, 15) is 0 Å². The van der Waals surface area contributed by atoms with Crippen molar-refractivity contribution in [2.75, 3.05) is 7.11 Å². The van der Waals surface area contributed by atoms with Gasteiger partial charge in [-0.3, -0.25) is 4.98 Å². The summed E-state index contributed by atoms with van der Waals surface area (Å²) in [7, 11) is 1.59. The van der Waals surface area contributed by atoms with Gasteiger partial charge >= 0.3 is 0 Å². The van der Waals surface area contributed by atoms with Crippen molar-refractivity contribution in [3.8, 4) is 5.75 Å². The molecular weight excluding hydrogens is 290 g/mol. The highest BCUT2D eigenvalue weighted by Gasteiger charge is 2.10. The summed E-state index contributed by atoms with van der Waals surface area (Å²) in [6.45, 7) is 6.01. The molecule has 126 valence electrons. The van der Waals surface area contributed by atoms with Gasteiger partial charge in [-0.05, 0) is 38.0 Å². The standard InChI is InChI=1S/C17H27N5O/c1-5-15(18)7-6-12(2)13(3)22(20)11-17(19)14-8-16(23-4)10-21-9-14/h6-11,13H,5,18-20H2,1-4H3/b12-6-,15-7+,17-11-. The summed E-state index contributed by atoms with van der Waals surface area (Å²) in [4.78, 5) is 4.08. The van der Waals surface area contributed by atoms with Crippen molar-refractivity contribution in [3.05, 3.63) is 53.6 Å². The molecular formula is C17H27N5O. The Labute approximate surface area is 138 Å². The van der Waals surface area contributed by atoms with Gasteiger partial charge in [0.1, 0.15) is 5.75 Å². The van der Waals surface area contributed by atoms with Crippen molar-refractivity contribution in [3.63, 3.8) is 0 Å². The average Bonchev–Trinajstić information content (AvgIpc) is 2.58. The molecule has 6 N–H and O–H groups in total. The summed E-state index contributed by atoms with van der Waals surface area (Å²) in [5.41, 5.74) is 15.1. The van der Waals surface area contributed by atoms with E-state index in [0.29, 0.717) is 11.4 Å². The van der Waals surface area contributed by atoms with Crippen LogP contribution in [0.4, 0.5) is 0 Å². The number of nitrogens with zero attached hydrogens (tertiary/aromatic N) is 2. The van der Waals surface area contributed by atoms with Gasteiger partial charge in [0.15, 0.2) is 0 Å². The van der Waals surface area contributed by atoms with Crippen LogP contribution in [0.1, 0.15) is 32.8 Å². The topological polar surface area (TPSA) is 103 Å². The molecule has 0 spiro atoms. The minimum absolute atomic E-state index is 0.0203. The van der Waals surface area contributed by atoms with Crippen LogP contribution in [0.15, 0.2) is 48.1 Å². The smallest absolute Gasteiger partial charge is 0.137 e. The lowest BCUT2D eigenvalue weighted by atomic mass is 10.1. The minimum Gasteiger partial charge on any atom is -0.495 e. The van der Waals surface area contributed by atoms with Crippen LogP contribution in [-0.4, -0.2) is 23.1 Å². The second-order valence-electron chi connectivity index (χ2n) is 5.33. The minimum atomic E-state index is -0.0203. The van der Waals surface area contributed by atoms with E-state index in [-0.39, 0.29) is 6.04 Å². The van der Waals surface area contributed by atoms with E-state index in [0.717, 1.165) is 23.3 Å². The van der Waals surface area contributed by atoms with E-state index in [4.69, 9.17) is 22.0 Å². The second-order valence-corrected chi connectivity index (χ2v) is 5.33. The van der Waals surface area contributed by atoms with Gasteiger partial charge in [-0.25, -0.2) is 5.84 Å². The molecule has 6 heteroatoms. The van der Waals surface area contributed by atoms with Gasteiger partial charge in [0.05, 0.1) is 25.0 Å². The highest BCUT2D eigenvalue weighted by atomic mass is 16.5. The normalized spacial score (nSPS) is 14.6. The van der Waals surface area contributed by atoms with Gasteiger partial charge in [0.25, 0.3) is 0 Å². The molecule has 1 atom stereocenters. The number of hydrogen-bond donors (Lipinski definition) is 3. The van der Waals surface area contributed by atoms with E-state index in [1.807, 2.05) is 39.0 Å². The van der Waals surface area contributed by atoms with Crippen molar-refractivity contribution in [2.24, 2.45) is 17.3 Å². The van der Waals surface area contributed by atoms with Crippen molar-refractivity contribution < 1.29 is 4.74 Å². The van der Waals surface area contributed by atoms with Crippen LogP contribution >= 0.6 is 0 Å². The summed E-state index contributed by atoms with van der Waals surface area (Å²) in [5.74, 6) is 6.74. The molecule has 1 rings (SSSR count). The third kappa shape index (κ3) is 5.67. The lowest BCUT2D eigenvalue weighted by molar-refractivity contribution is 0.338. The maximum absolute atomic E-state index is 6.10. The van der Waals surface area contributed by atoms with E-state index >= 15 is 0 Å². The van der Waals surface area contributed by atoms with Crippen LogP contribution in [0.2, 0.25) is 0 Å². The van der Waals surface area contributed by atoms with E-state index < -0.39 is 0 Å². The number of aromatic nitrogens is 1. The summed E-state index contributed by atoms with van der Waals surface area (Å²) in [6, 6.07) is 1.79. The summed E-state index contributed by atoms with van der Waals surface area (Å²) >= 11 is 0. The van der Waals surface area contributed by atoms with Gasteiger partial charge in [-0.1, -0.05) is 13.0 Å². The first-order chi connectivity index (χ1) is 10.9. The van der Waals surface area contributed by atoms with Gasteiger partial charge < -0.3 is 21.2 Å². The van der Waals surface area contributed by atoms with Crippen molar-refractivity contribution in [2.45, 2.75) is 33.2 Å². The number of hydrogen-bond acceptors (Lipinski definition) is 6. The number of hydrazine groups is 1. The molecule has 0 aliphatic rings. The van der Waals surface area contributed by atoms with E-state index in [1.165, 1.54) is 0 Å². The number of allylic oxidation sites excluding steroid dienone is 3. The zero-order valence-electron chi connectivity index (χ0n) is 14.3. The van der Waals surface area contributed by atoms with Crippen LogP contribution < -0.4 is 22.0 Å². The zero-order chi connectivity index (χ0) is 17.4. The molecule has 23 heavy (non-hydrogen) atoms. The summed E-state index contributed by atoms with van der Waals surface area (Å²) in [6.07, 6.45) is 9.67. The monoisotopic (exact) mass is 317 g/mol. The van der Waals surface area contributed by atoms with Gasteiger partial charge in [0, 0.05) is 23.7 Å². The van der Waals surface area contributed by atoms with Crippen LogP contribution in [0.25, 0.3) is 5.70 Å². The number of nitrogens with two attached hydrogens (primary N) is 3. The van der Waals surface area contributed by atoms with Crippen LogP contribution in [0, 0.1) is 0 Å². The number of methoxy groups -OCH3 is 1. The van der Waals surface area contributed by atoms with Gasteiger partial charge in [-0.15, -0.1) is 0 Å². The third-order valence-electron chi connectivity index (χ3n) is 3.65. The lowest BCUT2D eigenvalue weighted by Gasteiger charge is -2.24. The van der Waals surface area contributed by atoms with Crippen LogP contribution in [-0.2, 0) is 0 Å². The Bertz CT molecular complexity index is 607. The Morgan fingerprint density at radius 1 is 1.35 bits per heavy atom. The Morgan fingerprint density at radius 3 is 2.65 bits per heavy atom. The molecule has 1 heterocycles. The fourth-order valence-corrected chi connectivity index (χ4v) is 1.77. The molecule has 1 aromatic heterocycles. The molecule has 1 aromatic rings. The fourth-order valence-electron chi connectivity index (χ4n) is 1.77. The number of rotatable bonds is 7. The molecule has 0 radical (unpaired) electrons. The summed E-state index contributed by atoms with van der Waals surface area (Å²) in [5, 5.41) is 1.57. The molecule has 0 aliphatic heterocycles. The lowest BCUT2D eigenvalue weighted by Crippen LogP contribution is -2.36. The Hall–Kier alpha value is -2.47. The quantitative estimate of drug-likeness (QED) is 0.404. The maximum Gasteiger partial charge on any atom is 0.137 e. The van der Waals surface area contributed by atoms with E-state index in [1.54, 1.807) is 30.7 Å². The van der Waals surface area contributed by atoms with Gasteiger partial charge in [-0.2, -0.15) is 0 Å². The maximum atomic E-state index is 6.10. The largest absolute Gasteiger partial charge is 0.495 e. The molecule has 0 fully saturated rings. The molecule has 0 saturated carbocycles. The zero-order valence-corrected chi connectivity index (χ0v) is 14.3. The van der Waals surface area contributed by atoms with E-state index in [2.05, 4.69) is 4.98 Å². The van der Waals surface area contributed by atoms with Crippen LogP contribution in [0.3, 0.4) is 0 Å². The van der Waals surface area contributed by atoms with Crippen molar-refractivity contribution >= 4 is 5.70 Å². The first kappa shape index (κ1) is 18.6. The SMILES string of the molecule is CC/C(N)=C\C=C(\C)C(C)N(N)/C=C(\N)c1cncc(OC)c1. The number of pyridine rings is 1. The predicted octanol–water partition coefficient (Wildman–Crippen LogP) is 2.11. The highest BCUT2D eigenvalue weighted by molar-refractivity contribution is 5.62. The average molecular weight is 317 g/mol. The van der Waals surface area contributed by atoms with Crippen LogP contribution in [0.5, 0.6) is 5.75 Å². The second kappa shape index (κ2) is 8.85. The van der Waals surface area contributed by atoms with Gasteiger partial charge in [0.2, 0.25) is 0 Å². The fraction of sp³-hybridized carbons (Fsp3) is 0.353.